The highest BCUT2D eigenvalue weighted by atomic mass is 32.1. The maximum Gasteiger partial charge on any atom is 0.382 e. The molecule has 3 aliphatic rings. The van der Waals surface area contributed by atoms with Gasteiger partial charge in [-0.3, -0.25) is 9.98 Å². The Morgan fingerprint density at radius 3 is 1.57 bits per heavy atom. The first-order chi connectivity index (χ1) is 28.0. The lowest BCUT2D eigenvalue weighted by Gasteiger charge is -2.44. The van der Waals surface area contributed by atoms with E-state index in [4.69, 9.17) is 9.98 Å². The van der Waals surface area contributed by atoms with Crippen LogP contribution in [0, 0.1) is 0 Å². The van der Waals surface area contributed by atoms with E-state index >= 15 is 35.1 Å². The quantitative estimate of drug-likeness (QED) is 0.149. The summed E-state index contributed by atoms with van der Waals surface area (Å²) in [6, 6.07) is 19.6. The molecule has 4 aromatic heterocycles. The fourth-order valence-corrected chi connectivity index (χ4v) is 12.9. The molecule has 1 aliphatic carbocycles. The molecule has 0 saturated heterocycles. The van der Waals surface area contributed by atoms with Crippen molar-refractivity contribution in [3.05, 3.63) is 127 Å². The lowest BCUT2D eigenvalue weighted by Crippen LogP contribution is -2.66. The van der Waals surface area contributed by atoms with Gasteiger partial charge >= 0.3 is 23.7 Å². The first kappa shape index (κ1) is 41.1. The van der Waals surface area contributed by atoms with Crippen molar-refractivity contribution in [3.8, 4) is 19.5 Å². The van der Waals surface area contributed by atoms with E-state index in [0.717, 1.165) is 101 Å². The monoisotopic (exact) mass is 896 g/mol. The van der Waals surface area contributed by atoms with Crippen molar-refractivity contribution in [1.29, 1.82) is 0 Å². The smallest absolute Gasteiger partial charge is 0.252 e. The van der Waals surface area contributed by atoms with Gasteiger partial charge in [0.15, 0.2) is 0 Å². The number of rotatable bonds is 6. The van der Waals surface area contributed by atoms with Crippen LogP contribution < -0.4 is 0 Å². The standard InChI is InChI=1S/C46H36F8N2S4/c1-41(2,3)28-19-34(60-39(28)32-16-24-12-8-10-14-30(24)56-32)33-17-25(20-57-33)36-37(44(49,50)46(53,54)45(51,52)43(36,47)48)26-18-35(58-21-26)40-38(42(4,5)6)27(22-59-40)31-15-23-11-7-9-13-29(23)55-31/h7-14,17-22H,15-16H2,1-6H3. The number of benzene rings is 2. The molecule has 0 spiro atoms. The third-order valence-corrected chi connectivity index (χ3v) is 15.6. The topological polar surface area (TPSA) is 24.7 Å². The SMILES string of the molecule is CC(C)(C)c1cc(-c2cc(C3=C(c4csc(-c5scc(C6=Nc7ccccc7C6)c5C(C)(C)C)c4)C(F)(F)C(F)(F)C(F)(F)C3(F)F)cs2)sc1C1=Nc2ccccc2C1. The van der Waals surface area contributed by atoms with Crippen molar-refractivity contribution in [3.63, 3.8) is 0 Å². The minimum absolute atomic E-state index is 0.332. The van der Waals surface area contributed by atoms with E-state index in [-0.39, 0.29) is 0 Å². The summed E-state index contributed by atoms with van der Waals surface area (Å²) < 4.78 is 127. The van der Waals surface area contributed by atoms with Crippen molar-refractivity contribution in [2.75, 3.05) is 0 Å². The normalized spacial score (nSPS) is 19.0. The van der Waals surface area contributed by atoms with E-state index in [0.29, 0.717) is 32.4 Å². The summed E-state index contributed by atoms with van der Waals surface area (Å²) in [4.78, 5) is 12.4. The van der Waals surface area contributed by atoms with E-state index in [1.54, 1.807) is 0 Å². The van der Waals surface area contributed by atoms with E-state index in [2.05, 4.69) is 0 Å². The third kappa shape index (κ3) is 6.17. The van der Waals surface area contributed by atoms with Gasteiger partial charge in [-0.05, 0) is 85.3 Å². The second kappa shape index (κ2) is 13.6. The lowest BCUT2D eigenvalue weighted by molar-refractivity contribution is -0.344. The second-order valence-electron chi connectivity index (χ2n) is 17.4. The molecule has 6 aromatic rings. The minimum atomic E-state index is -6.42. The van der Waals surface area contributed by atoms with Crippen molar-refractivity contribution >= 4 is 79.3 Å². The molecule has 310 valence electrons. The molecule has 0 N–H and O–H groups in total. The van der Waals surface area contributed by atoms with Gasteiger partial charge in [0.1, 0.15) is 0 Å². The molecule has 0 radical (unpaired) electrons. The van der Waals surface area contributed by atoms with Gasteiger partial charge in [-0.2, -0.15) is 35.1 Å². The highest BCUT2D eigenvalue weighted by molar-refractivity contribution is 7.22. The molecule has 0 saturated carbocycles. The van der Waals surface area contributed by atoms with Gasteiger partial charge in [0.2, 0.25) is 0 Å². The fraction of sp³-hybridized carbons (Fsp3) is 0.304. The number of alkyl halides is 8. The van der Waals surface area contributed by atoms with Gasteiger partial charge in [0.25, 0.3) is 0 Å². The van der Waals surface area contributed by atoms with E-state index in [9.17, 15) is 0 Å². The Morgan fingerprint density at radius 1 is 0.533 bits per heavy atom. The van der Waals surface area contributed by atoms with Crippen LogP contribution in [0.15, 0.2) is 92.9 Å². The maximum atomic E-state index is 16.3. The predicted octanol–water partition coefficient (Wildman–Crippen LogP) is 15.7. The molecular formula is C46H36F8N2S4. The number of hydrogen-bond acceptors (Lipinski definition) is 6. The summed E-state index contributed by atoms with van der Waals surface area (Å²) in [6.07, 6.45) is 1.12. The zero-order valence-corrected chi connectivity index (χ0v) is 36.3. The Balaban J connectivity index is 1.18. The van der Waals surface area contributed by atoms with Crippen molar-refractivity contribution < 1.29 is 35.1 Å². The van der Waals surface area contributed by atoms with Gasteiger partial charge in [0.05, 0.1) is 27.7 Å². The van der Waals surface area contributed by atoms with Crippen LogP contribution in [0.25, 0.3) is 30.7 Å². The summed E-state index contributed by atoms with van der Waals surface area (Å²) in [5.74, 6) is -24.2. The first-order valence-electron chi connectivity index (χ1n) is 19.1. The van der Waals surface area contributed by atoms with E-state index < -0.39 is 56.8 Å². The summed E-state index contributed by atoms with van der Waals surface area (Å²) >= 11 is 4.42. The summed E-state index contributed by atoms with van der Waals surface area (Å²) in [7, 11) is 0. The molecule has 60 heavy (non-hydrogen) atoms. The zero-order chi connectivity index (χ0) is 42.9. The molecule has 2 nitrogen and oxygen atoms in total. The molecular weight excluding hydrogens is 861 g/mol. The number of allylic oxidation sites excluding steroid dienone is 2. The fourth-order valence-electron chi connectivity index (χ4n) is 8.19. The highest BCUT2D eigenvalue weighted by Crippen LogP contribution is 2.66. The van der Waals surface area contributed by atoms with E-state index in [1.165, 1.54) is 22.7 Å². The van der Waals surface area contributed by atoms with Gasteiger partial charge < -0.3 is 0 Å². The number of para-hydroxylation sites is 2. The van der Waals surface area contributed by atoms with Crippen LogP contribution in [0.3, 0.4) is 0 Å². The van der Waals surface area contributed by atoms with Crippen LogP contribution in [0.2, 0.25) is 0 Å². The van der Waals surface area contributed by atoms with Crippen LogP contribution in [0.5, 0.6) is 0 Å². The molecule has 0 unspecified atom stereocenters. The number of nitrogens with zero attached hydrogens (tertiary/aromatic N) is 2. The van der Waals surface area contributed by atoms with E-state index in [1.807, 2.05) is 102 Å². The number of hydrogen-bond donors (Lipinski definition) is 0. The van der Waals surface area contributed by atoms with Gasteiger partial charge in [-0.1, -0.05) is 77.9 Å². The molecule has 9 rings (SSSR count). The summed E-state index contributed by atoms with van der Waals surface area (Å²) in [5, 5.41) is 4.05. The first-order valence-corrected chi connectivity index (χ1v) is 22.5. The van der Waals surface area contributed by atoms with Gasteiger partial charge in [0, 0.05) is 54.4 Å². The van der Waals surface area contributed by atoms with Crippen LogP contribution in [-0.2, 0) is 23.7 Å². The van der Waals surface area contributed by atoms with Gasteiger partial charge in [-0.25, -0.2) is 0 Å². The molecule has 6 heterocycles. The van der Waals surface area contributed by atoms with Crippen LogP contribution in [-0.4, -0.2) is 35.1 Å². The van der Waals surface area contributed by atoms with Crippen molar-refractivity contribution in [2.24, 2.45) is 9.98 Å². The lowest BCUT2D eigenvalue weighted by atomic mass is 9.75. The molecule has 2 aromatic carbocycles. The summed E-state index contributed by atoms with van der Waals surface area (Å²) in [6.45, 7) is 11.9. The van der Waals surface area contributed by atoms with Crippen LogP contribution in [0.1, 0.15) is 85.4 Å². The maximum absolute atomic E-state index is 16.3. The molecule has 0 bridgehead atoms. The zero-order valence-electron chi connectivity index (χ0n) is 33.0. The van der Waals surface area contributed by atoms with Crippen molar-refractivity contribution in [2.45, 2.75) is 88.9 Å². The Hall–Kier alpha value is -4.24. The average Bonchev–Trinajstić information content (AvgIpc) is 4.01. The Kier molecular flexibility index (Phi) is 9.34. The summed E-state index contributed by atoms with van der Waals surface area (Å²) in [5.41, 5.74) is 1.99. The largest absolute Gasteiger partial charge is 0.382 e. The number of aliphatic imine (C=N–C) groups is 2. The predicted molar refractivity (Wildman–Crippen MR) is 232 cm³/mol. The average molecular weight is 897 g/mol. The Morgan fingerprint density at radius 2 is 1.03 bits per heavy atom. The second-order valence-corrected chi connectivity index (χ2v) is 21.1. The minimum Gasteiger partial charge on any atom is -0.252 e. The number of thiophene rings is 4. The molecule has 0 amide bonds. The molecule has 0 fully saturated rings. The number of halogens is 8. The molecule has 0 atom stereocenters. The number of fused-ring (bicyclic) bond motifs is 2. The molecule has 2 aliphatic heterocycles. The highest BCUT2D eigenvalue weighted by Gasteiger charge is 2.86. The van der Waals surface area contributed by atoms with Gasteiger partial charge in [-0.15, -0.1) is 45.3 Å². The van der Waals surface area contributed by atoms with Crippen LogP contribution in [0.4, 0.5) is 46.5 Å². The Bertz CT molecular complexity index is 2810. The third-order valence-electron chi connectivity index (χ3n) is 11.2. The Labute approximate surface area is 357 Å². The van der Waals surface area contributed by atoms with Crippen LogP contribution >= 0.6 is 45.3 Å². The molecule has 14 heteroatoms. The van der Waals surface area contributed by atoms with Crippen molar-refractivity contribution in [1.82, 2.24) is 0 Å².